The van der Waals surface area contributed by atoms with Crippen LogP contribution in [0.25, 0.3) is 23.0 Å². The molecule has 0 N–H and O–H groups in total. The first-order valence-corrected chi connectivity index (χ1v) is 14.0. The van der Waals surface area contributed by atoms with E-state index in [1.165, 1.54) is 24.6 Å². The lowest BCUT2D eigenvalue weighted by molar-refractivity contribution is -0.113. The Morgan fingerprint density at radius 2 is 1.73 bits per heavy atom. The number of ether oxygens (including phenoxy) is 1. The summed E-state index contributed by atoms with van der Waals surface area (Å²) >= 11 is 1.48. The number of likely N-dealkylation sites (tertiary alicyclic amines) is 1. The number of para-hydroxylation sites is 1. The average Bonchev–Trinajstić information content (AvgIpc) is 3.37. The van der Waals surface area contributed by atoms with E-state index < -0.39 is 0 Å². The van der Waals surface area contributed by atoms with Crippen molar-refractivity contribution >= 4 is 28.9 Å². The van der Waals surface area contributed by atoms with E-state index in [2.05, 4.69) is 23.7 Å². The summed E-state index contributed by atoms with van der Waals surface area (Å²) in [7, 11) is 0. The molecule has 3 aromatic rings. The van der Waals surface area contributed by atoms with Gasteiger partial charge < -0.3 is 9.64 Å². The van der Waals surface area contributed by atoms with E-state index in [0.717, 1.165) is 65.8 Å². The van der Waals surface area contributed by atoms with Gasteiger partial charge in [-0.25, -0.2) is 4.68 Å². The molecule has 192 valence electrons. The highest BCUT2D eigenvalue weighted by atomic mass is 32.2. The van der Waals surface area contributed by atoms with Crippen molar-refractivity contribution in [3.63, 3.8) is 0 Å². The molecule has 0 aliphatic carbocycles. The van der Waals surface area contributed by atoms with E-state index in [1.807, 2.05) is 71.6 Å². The number of rotatable bonds is 7. The Kier molecular flexibility index (Phi) is 8.09. The summed E-state index contributed by atoms with van der Waals surface area (Å²) in [5, 5.41) is 5.75. The van der Waals surface area contributed by atoms with E-state index in [4.69, 9.17) is 9.84 Å². The third kappa shape index (κ3) is 6.34. The summed E-state index contributed by atoms with van der Waals surface area (Å²) < 4.78 is 7.78. The molecule has 0 radical (unpaired) electrons. The molecule has 5 rings (SSSR count). The number of aromatic nitrogens is 2. The number of nitrogens with zero attached hydrogens (tertiary/aromatic N) is 4. The maximum atomic E-state index is 12.9. The van der Waals surface area contributed by atoms with Gasteiger partial charge in [0.15, 0.2) is 5.17 Å². The van der Waals surface area contributed by atoms with Crippen LogP contribution >= 0.6 is 11.8 Å². The number of amidine groups is 1. The second-order valence-corrected chi connectivity index (χ2v) is 11.0. The van der Waals surface area contributed by atoms with Gasteiger partial charge in [-0.05, 0) is 79.4 Å². The van der Waals surface area contributed by atoms with E-state index >= 15 is 0 Å². The van der Waals surface area contributed by atoms with Crippen LogP contribution in [0.2, 0.25) is 0 Å². The number of carbonyl (C=O) groups excluding carboxylic acids is 1. The van der Waals surface area contributed by atoms with Crippen molar-refractivity contribution in [2.75, 3.05) is 19.7 Å². The first-order valence-electron chi connectivity index (χ1n) is 13.2. The van der Waals surface area contributed by atoms with Crippen LogP contribution in [0, 0.1) is 5.92 Å². The largest absolute Gasteiger partial charge is 0.494 e. The first kappa shape index (κ1) is 25.3. The molecule has 0 atom stereocenters. The third-order valence-electron chi connectivity index (χ3n) is 6.63. The highest BCUT2D eigenvalue weighted by Crippen LogP contribution is 2.34. The van der Waals surface area contributed by atoms with Gasteiger partial charge in [-0.15, -0.1) is 0 Å². The van der Waals surface area contributed by atoms with E-state index in [9.17, 15) is 4.79 Å². The van der Waals surface area contributed by atoms with Crippen molar-refractivity contribution in [1.29, 1.82) is 0 Å². The van der Waals surface area contributed by atoms with Crippen molar-refractivity contribution < 1.29 is 9.53 Å². The molecule has 1 amide bonds. The Balaban J connectivity index is 1.42. The molecule has 2 aliphatic heterocycles. The Morgan fingerprint density at radius 3 is 2.43 bits per heavy atom. The predicted molar refractivity (Wildman–Crippen MR) is 152 cm³/mol. The van der Waals surface area contributed by atoms with E-state index in [1.54, 1.807) is 0 Å². The normalized spacial score (nSPS) is 17.4. The van der Waals surface area contributed by atoms with Gasteiger partial charge in [0, 0.05) is 30.4 Å². The van der Waals surface area contributed by atoms with Crippen molar-refractivity contribution in [2.45, 2.75) is 46.0 Å². The van der Waals surface area contributed by atoms with Gasteiger partial charge in [-0.3, -0.25) is 4.79 Å². The van der Waals surface area contributed by atoms with Crippen LogP contribution in [0.5, 0.6) is 5.75 Å². The van der Waals surface area contributed by atoms with Crippen molar-refractivity contribution in [1.82, 2.24) is 14.7 Å². The zero-order valence-corrected chi connectivity index (χ0v) is 22.4. The van der Waals surface area contributed by atoms with Crippen molar-refractivity contribution in [3.8, 4) is 22.7 Å². The molecule has 0 spiro atoms. The maximum Gasteiger partial charge on any atom is 0.286 e. The molecule has 0 saturated carbocycles. The molecule has 2 aromatic carbocycles. The second kappa shape index (κ2) is 11.8. The molecular formula is C30H34N4O2S. The molecule has 37 heavy (non-hydrogen) atoms. The number of aliphatic imine (C=N–C) groups is 1. The molecule has 2 aliphatic rings. The summed E-state index contributed by atoms with van der Waals surface area (Å²) in [6, 6.07) is 18.1. The summed E-state index contributed by atoms with van der Waals surface area (Å²) in [5.41, 5.74) is 3.65. The Morgan fingerprint density at radius 1 is 1.00 bits per heavy atom. The summed E-state index contributed by atoms with van der Waals surface area (Å²) in [6.45, 7) is 7.03. The van der Waals surface area contributed by atoms with Crippen LogP contribution < -0.4 is 4.74 Å². The maximum absolute atomic E-state index is 12.9. The fourth-order valence-electron chi connectivity index (χ4n) is 4.49. The van der Waals surface area contributed by atoms with Crippen molar-refractivity contribution in [2.24, 2.45) is 10.9 Å². The fraction of sp³-hybridized carbons (Fsp3) is 0.367. The Labute approximate surface area is 223 Å². The number of benzene rings is 2. The number of hydrogen-bond donors (Lipinski definition) is 0. The van der Waals surface area contributed by atoms with Gasteiger partial charge in [0.2, 0.25) is 0 Å². The minimum atomic E-state index is -0.170. The predicted octanol–water partition coefficient (Wildman–Crippen LogP) is 6.81. The van der Waals surface area contributed by atoms with Gasteiger partial charge in [0.05, 0.1) is 22.9 Å². The third-order valence-corrected chi connectivity index (χ3v) is 7.67. The number of hydrogen-bond acceptors (Lipinski definition) is 5. The van der Waals surface area contributed by atoms with Crippen LogP contribution in [-0.2, 0) is 4.79 Å². The minimum absolute atomic E-state index is 0.170. The van der Waals surface area contributed by atoms with Crippen LogP contribution in [0.4, 0.5) is 0 Å². The Bertz CT molecular complexity index is 1270. The monoisotopic (exact) mass is 514 g/mol. The summed E-state index contributed by atoms with van der Waals surface area (Å²) in [4.78, 5) is 20.2. The van der Waals surface area contributed by atoms with Crippen LogP contribution in [0.1, 0.15) is 51.5 Å². The van der Waals surface area contributed by atoms with Crippen molar-refractivity contribution in [3.05, 3.63) is 71.3 Å². The average molecular weight is 515 g/mol. The number of amides is 1. The lowest BCUT2D eigenvalue weighted by atomic mass is 10.1. The summed E-state index contributed by atoms with van der Waals surface area (Å²) in [6.07, 6.45) is 9.74. The molecule has 7 heteroatoms. The molecule has 0 bridgehead atoms. The van der Waals surface area contributed by atoms with Crippen LogP contribution in [0.15, 0.2) is 70.7 Å². The zero-order valence-electron chi connectivity index (χ0n) is 21.6. The minimum Gasteiger partial charge on any atom is -0.494 e. The molecular weight excluding hydrogens is 480 g/mol. The van der Waals surface area contributed by atoms with Gasteiger partial charge in [-0.2, -0.15) is 10.1 Å². The SMILES string of the molecule is CC(C)CCOc1ccc(-c2nn(-c3ccccc3)cc2/C=C2/SC(N3CCCCCC3)=NC2=O)cc1. The quantitative estimate of drug-likeness (QED) is 0.324. The standard InChI is InChI=1S/C30H34N4O2S/c1-22(2)16-19-36-26-14-12-23(13-15-26)28-24(21-34(32-28)25-10-6-5-7-11-25)20-27-29(35)31-30(37-27)33-17-8-3-4-9-18-33/h5-7,10-15,20-22H,3-4,8-9,16-19H2,1-2H3/b27-20+. The van der Waals surface area contributed by atoms with Crippen LogP contribution in [-0.4, -0.2) is 45.5 Å². The zero-order chi connectivity index (χ0) is 25.6. The molecule has 6 nitrogen and oxygen atoms in total. The van der Waals surface area contributed by atoms with Gasteiger partial charge in [0.25, 0.3) is 5.91 Å². The second-order valence-electron chi connectivity index (χ2n) is 9.98. The fourth-order valence-corrected chi connectivity index (χ4v) is 5.44. The topological polar surface area (TPSA) is 59.7 Å². The molecule has 1 saturated heterocycles. The highest BCUT2D eigenvalue weighted by molar-refractivity contribution is 8.18. The van der Waals surface area contributed by atoms with Gasteiger partial charge >= 0.3 is 0 Å². The number of carbonyl (C=O) groups is 1. The lowest BCUT2D eigenvalue weighted by Crippen LogP contribution is -2.28. The summed E-state index contributed by atoms with van der Waals surface area (Å²) in [5.74, 6) is 1.29. The molecule has 1 aromatic heterocycles. The molecule has 3 heterocycles. The first-order chi connectivity index (χ1) is 18.1. The van der Waals surface area contributed by atoms with E-state index in [0.29, 0.717) is 17.4 Å². The lowest BCUT2D eigenvalue weighted by Gasteiger charge is -2.20. The highest BCUT2D eigenvalue weighted by Gasteiger charge is 2.27. The van der Waals surface area contributed by atoms with Gasteiger partial charge in [0.1, 0.15) is 5.75 Å². The van der Waals surface area contributed by atoms with E-state index in [-0.39, 0.29) is 5.91 Å². The molecule has 1 fully saturated rings. The molecule has 0 unspecified atom stereocenters. The smallest absolute Gasteiger partial charge is 0.286 e. The Hall–Kier alpha value is -3.32. The number of thioether (sulfide) groups is 1. The van der Waals surface area contributed by atoms with Crippen LogP contribution in [0.3, 0.4) is 0 Å². The van der Waals surface area contributed by atoms with Gasteiger partial charge in [-0.1, -0.05) is 44.9 Å².